The van der Waals surface area contributed by atoms with Crippen LogP contribution in [-0.4, -0.2) is 54.2 Å². The van der Waals surface area contributed by atoms with Crippen molar-refractivity contribution in [2.45, 2.75) is 24.9 Å². The molecule has 1 aliphatic rings. The van der Waals surface area contributed by atoms with Crippen molar-refractivity contribution in [3.05, 3.63) is 64.6 Å². The van der Waals surface area contributed by atoms with Gasteiger partial charge in [0.25, 0.3) is 11.1 Å². The SMILES string of the molecule is COC(=O)C(Cc1ccc(Oc2ccc(C=C3SC(=O)NC3=O)cc2)cc1)NC(=O)C(N)CCSC.Cl. The molecule has 2 aromatic carbocycles. The number of nitrogens with one attached hydrogen (secondary N) is 2. The van der Waals surface area contributed by atoms with E-state index in [1.165, 1.54) is 7.11 Å². The smallest absolute Gasteiger partial charge is 0.328 e. The second-order valence-corrected chi connectivity index (χ2v) is 9.84. The zero-order chi connectivity index (χ0) is 26.1. The first-order valence-electron chi connectivity index (χ1n) is 11.0. The molecule has 4 N–H and O–H groups in total. The minimum atomic E-state index is -0.855. The normalized spacial score (nSPS) is 15.4. The maximum atomic E-state index is 12.4. The van der Waals surface area contributed by atoms with E-state index in [-0.39, 0.29) is 24.1 Å². The van der Waals surface area contributed by atoms with Gasteiger partial charge in [-0.05, 0) is 71.7 Å². The molecule has 2 unspecified atom stereocenters. The van der Waals surface area contributed by atoms with Gasteiger partial charge in [0, 0.05) is 6.42 Å². The zero-order valence-corrected chi connectivity index (χ0v) is 22.7. The highest BCUT2D eigenvalue weighted by Gasteiger charge is 2.25. The average molecular weight is 566 g/mol. The molecule has 0 aliphatic carbocycles. The number of halogens is 1. The first-order valence-corrected chi connectivity index (χ1v) is 13.2. The summed E-state index contributed by atoms with van der Waals surface area (Å²) in [6, 6.07) is 12.6. The maximum absolute atomic E-state index is 12.4. The highest BCUT2D eigenvalue weighted by Crippen LogP contribution is 2.27. The standard InChI is InChI=1S/C25H27N3O6S2.ClH/c1-33-24(31)20(27-22(29)19(26)11-12-35-2)13-15-3-7-17(8-4-15)34-18-9-5-16(6-10-18)14-21-23(30)28-25(32)36-21;/h3-10,14,19-20H,11-13,26H2,1-2H3,(H,27,29)(H,28,30,32);1H. The second-order valence-electron chi connectivity index (χ2n) is 7.84. The monoisotopic (exact) mass is 565 g/mol. The van der Waals surface area contributed by atoms with E-state index in [1.807, 2.05) is 6.26 Å². The van der Waals surface area contributed by atoms with Crippen molar-refractivity contribution in [3.63, 3.8) is 0 Å². The van der Waals surface area contributed by atoms with Gasteiger partial charge in [0.1, 0.15) is 17.5 Å². The number of methoxy groups -OCH3 is 1. The van der Waals surface area contributed by atoms with Gasteiger partial charge in [0.05, 0.1) is 18.1 Å². The molecular weight excluding hydrogens is 538 g/mol. The van der Waals surface area contributed by atoms with Crippen LogP contribution in [0.2, 0.25) is 0 Å². The minimum Gasteiger partial charge on any atom is -0.467 e. The lowest BCUT2D eigenvalue weighted by Gasteiger charge is -2.19. The van der Waals surface area contributed by atoms with Gasteiger partial charge in [-0.25, -0.2) is 4.79 Å². The summed E-state index contributed by atoms with van der Waals surface area (Å²) < 4.78 is 10.7. The molecule has 1 saturated heterocycles. The molecule has 0 spiro atoms. The Balaban J connectivity index is 0.00000481. The van der Waals surface area contributed by atoms with Crippen molar-refractivity contribution in [2.75, 3.05) is 19.1 Å². The van der Waals surface area contributed by atoms with Crippen LogP contribution in [0.4, 0.5) is 4.79 Å². The van der Waals surface area contributed by atoms with Gasteiger partial charge in [-0.3, -0.25) is 19.7 Å². The summed E-state index contributed by atoms with van der Waals surface area (Å²) in [5, 5.41) is 4.52. The lowest BCUT2D eigenvalue weighted by Crippen LogP contribution is -2.49. The molecule has 1 heterocycles. The summed E-state index contributed by atoms with van der Waals surface area (Å²) in [6.07, 6.45) is 4.32. The van der Waals surface area contributed by atoms with Crippen LogP contribution in [0.3, 0.4) is 0 Å². The predicted molar refractivity (Wildman–Crippen MR) is 148 cm³/mol. The fraction of sp³-hybridized carbons (Fsp3) is 0.280. The maximum Gasteiger partial charge on any atom is 0.328 e. The molecule has 3 amide bonds. The van der Waals surface area contributed by atoms with E-state index in [4.69, 9.17) is 15.2 Å². The largest absolute Gasteiger partial charge is 0.467 e. The van der Waals surface area contributed by atoms with Crippen LogP contribution >= 0.6 is 35.9 Å². The van der Waals surface area contributed by atoms with E-state index in [2.05, 4.69) is 10.6 Å². The molecule has 1 aliphatic heterocycles. The molecule has 0 saturated carbocycles. The van der Waals surface area contributed by atoms with Crippen LogP contribution < -0.4 is 21.1 Å². The highest BCUT2D eigenvalue weighted by atomic mass is 35.5. The van der Waals surface area contributed by atoms with E-state index in [9.17, 15) is 19.2 Å². The van der Waals surface area contributed by atoms with E-state index >= 15 is 0 Å². The molecule has 0 bridgehead atoms. The Hall–Kier alpha value is -2.99. The Morgan fingerprint density at radius 2 is 1.73 bits per heavy atom. The summed E-state index contributed by atoms with van der Waals surface area (Å²) in [6.45, 7) is 0. The third-order valence-corrected chi connectivity index (χ3v) is 6.65. The van der Waals surface area contributed by atoms with Crippen molar-refractivity contribution >= 4 is 65.0 Å². The van der Waals surface area contributed by atoms with Gasteiger partial charge in [-0.2, -0.15) is 11.8 Å². The number of hydrogen-bond acceptors (Lipinski definition) is 9. The topological polar surface area (TPSA) is 137 Å². The molecule has 2 aromatic rings. The van der Waals surface area contributed by atoms with Crippen LogP contribution in [0.5, 0.6) is 11.5 Å². The Bertz CT molecular complexity index is 1140. The minimum absolute atomic E-state index is 0. The van der Waals surface area contributed by atoms with Crippen LogP contribution in [0, 0.1) is 0 Å². The number of esters is 1. The molecule has 9 nitrogen and oxygen atoms in total. The first-order chi connectivity index (χ1) is 17.3. The second kappa shape index (κ2) is 14.7. The van der Waals surface area contributed by atoms with Gasteiger partial charge in [0.15, 0.2) is 0 Å². The molecule has 0 radical (unpaired) electrons. The number of carbonyl (C=O) groups is 4. The number of hydrogen-bond donors (Lipinski definition) is 3. The first kappa shape index (κ1) is 30.2. The fourth-order valence-electron chi connectivity index (χ4n) is 3.26. The third kappa shape index (κ3) is 9.12. The van der Waals surface area contributed by atoms with Gasteiger partial charge in [-0.1, -0.05) is 24.3 Å². The quantitative estimate of drug-likeness (QED) is 0.276. The average Bonchev–Trinajstić information content (AvgIpc) is 3.19. The van der Waals surface area contributed by atoms with Gasteiger partial charge < -0.3 is 20.5 Å². The van der Waals surface area contributed by atoms with Crippen molar-refractivity contribution in [2.24, 2.45) is 5.73 Å². The third-order valence-electron chi connectivity index (χ3n) is 5.19. The number of nitrogens with two attached hydrogens (primary N) is 1. The van der Waals surface area contributed by atoms with E-state index < -0.39 is 29.9 Å². The van der Waals surface area contributed by atoms with E-state index in [0.717, 1.165) is 28.6 Å². The molecular formula is C25H28ClN3O6S2. The predicted octanol–water partition coefficient (Wildman–Crippen LogP) is 3.51. The number of thioether (sulfide) groups is 2. The highest BCUT2D eigenvalue weighted by molar-refractivity contribution is 8.18. The molecule has 2 atom stereocenters. The van der Waals surface area contributed by atoms with Crippen molar-refractivity contribution in [3.8, 4) is 11.5 Å². The summed E-state index contributed by atoms with van der Waals surface area (Å²) in [5.74, 6) is 0.572. The summed E-state index contributed by atoms with van der Waals surface area (Å²) in [4.78, 5) is 47.9. The Morgan fingerprint density at radius 3 is 2.27 bits per heavy atom. The van der Waals surface area contributed by atoms with Crippen molar-refractivity contribution in [1.29, 1.82) is 0 Å². The number of ether oxygens (including phenoxy) is 2. The van der Waals surface area contributed by atoms with Gasteiger partial charge in [0.2, 0.25) is 5.91 Å². The zero-order valence-electron chi connectivity index (χ0n) is 20.2. The molecule has 3 rings (SSSR count). The number of imide groups is 1. The summed E-state index contributed by atoms with van der Waals surface area (Å²) >= 11 is 2.46. The Kier molecular flexibility index (Phi) is 12.0. The molecule has 0 aromatic heterocycles. The Morgan fingerprint density at radius 1 is 1.11 bits per heavy atom. The number of benzene rings is 2. The lowest BCUT2D eigenvalue weighted by atomic mass is 10.0. The summed E-state index contributed by atoms with van der Waals surface area (Å²) in [5.41, 5.74) is 7.48. The lowest BCUT2D eigenvalue weighted by molar-refractivity contribution is -0.145. The van der Waals surface area contributed by atoms with Crippen molar-refractivity contribution < 1.29 is 28.7 Å². The van der Waals surface area contributed by atoms with E-state index in [1.54, 1.807) is 66.4 Å². The van der Waals surface area contributed by atoms with Crippen LogP contribution in [0.15, 0.2) is 53.4 Å². The number of amides is 3. The van der Waals surface area contributed by atoms with Gasteiger partial charge in [-0.15, -0.1) is 12.4 Å². The molecule has 1 fully saturated rings. The Labute approximate surface area is 229 Å². The molecule has 198 valence electrons. The van der Waals surface area contributed by atoms with Crippen molar-refractivity contribution in [1.82, 2.24) is 10.6 Å². The van der Waals surface area contributed by atoms with E-state index in [0.29, 0.717) is 22.8 Å². The molecule has 37 heavy (non-hydrogen) atoms. The number of rotatable bonds is 11. The van der Waals surface area contributed by atoms with Crippen LogP contribution in [-0.2, 0) is 25.5 Å². The van der Waals surface area contributed by atoms with Crippen LogP contribution in [0.1, 0.15) is 17.5 Å². The van der Waals surface area contributed by atoms with Crippen LogP contribution in [0.25, 0.3) is 6.08 Å². The molecule has 12 heteroatoms. The summed E-state index contributed by atoms with van der Waals surface area (Å²) in [7, 11) is 1.27. The number of carbonyl (C=O) groups excluding carboxylic acids is 4. The fourth-order valence-corrected chi connectivity index (χ4v) is 4.43. The van der Waals surface area contributed by atoms with Gasteiger partial charge >= 0.3 is 5.97 Å².